The fourth-order valence-corrected chi connectivity index (χ4v) is 4.38. The minimum Gasteiger partial charge on any atom is -0.390 e. The van der Waals surface area contributed by atoms with Gasteiger partial charge in [0.15, 0.2) is 5.82 Å². The highest BCUT2D eigenvalue weighted by Gasteiger charge is 2.36. The number of benzene rings is 1. The molecule has 2 aromatic heterocycles. The average Bonchev–Trinajstić information content (AvgIpc) is 2.80. The summed E-state index contributed by atoms with van der Waals surface area (Å²) in [5.41, 5.74) is 0.848. The lowest BCUT2D eigenvalue weighted by atomic mass is 9.93. The Morgan fingerprint density at radius 1 is 1.26 bits per heavy atom. The molecule has 1 aliphatic heterocycles. The monoisotopic (exact) mass is 489 g/mol. The summed E-state index contributed by atoms with van der Waals surface area (Å²) >= 11 is 0. The third kappa shape index (κ3) is 5.18. The van der Waals surface area contributed by atoms with Gasteiger partial charge in [-0.3, -0.25) is 4.98 Å². The topological polar surface area (TPSA) is 83.4 Å². The lowest BCUT2D eigenvalue weighted by Gasteiger charge is -2.37. The number of hydrogen-bond donors (Lipinski definition) is 2. The van der Waals surface area contributed by atoms with Crippen molar-refractivity contribution >= 4 is 22.4 Å². The molecule has 0 unspecified atom stereocenters. The van der Waals surface area contributed by atoms with Crippen molar-refractivity contribution in [2.75, 3.05) is 37.0 Å². The number of anilines is 2. The highest BCUT2D eigenvalue weighted by molar-refractivity contribution is 5.92. The van der Waals surface area contributed by atoms with Crippen molar-refractivity contribution in [3.63, 3.8) is 0 Å². The maximum absolute atomic E-state index is 15.1. The molecule has 10 heteroatoms. The van der Waals surface area contributed by atoms with Crippen molar-refractivity contribution in [1.82, 2.24) is 15.2 Å². The highest BCUT2D eigenvalue weighted by atomic mass is 19.3. The molecule has 1 aliphatic rings. The van der Waals surface area contributed by atoms with Crippen LogP contribution in [-0.4, -0.2) is 52.7 Å². The molecule has 7 nitrogen and oxygen atoms in total. The number of halogens is 3. The number of nitrogens with zero attached hydrogens (tertiary/aromatic N) is 4. The standard InChI is InChI=1S/C25H30F3N5O2/c1-15(18-6-5-7-20(21(18)26)25(27,28)14-35-4)30-23-19-12-17(13-29-22(19)16(2)31-32-23)33-10-8-24(3,34)9-11-33/h5-7,12-13,15,34H,8-11,14H2,1-4H3,(H,30,32)/t15-/m1/s1. The smallest absolute Gasteiger partial charge is 0.298 e. The lowest BCUT2D eigenvalue weighted by Crippen LogP contribution is -2.42. The SMILES string of the molecule is COCC(F)(F)c1cccc([C@@H](C)Nc2nnc(C)c3ncc(N4CCC(C)(O)CC4)cc23)c1F. The van der Waals surface area contributed by atoms with Gasteiger partial charge in [-0.05, 0) is 45.7 Å². The molecule has 0 radical (unpaired) electrons. The number of aliphatic hydroxyl groups is 1. The van der Waals surface area contributed by atoms with Crippen molar-refractivity contribution in [2.45, 2.75) is 51.2 Å². The van der Waals surface area contributed by atoms with Gasteiger partial charge in [0.1, 0.15) is 12.4 Å². The van der Waals surface area contributed by atoms with Crippen LogP contribution in [0.5, 0.6) is 0 Å². The number of hydrogen-bond acceptors (Lipinski definition) is 7. The molecule has 3 aromatic rings. The molecule has 0 bridgehead atoms. The zero-order chi connectivity index (χ0) is 25.4. The van der Waals surface area contributed by atoms with Crippen molar-refractivity contribution < 1.29 is 23.0 Å². The van der Waals surface area contributed by atoms with Gasteiger partial charge in [0.05, 0.1) is 40.3 Å². The molecule has 1 aromatic carbocycles. The Kier molecular flexibility index (Phi) is 6.88. The minimum absolute atomic E-state index is 0.0798. The maximum Gasteiger partial charge on any atom is 0.298 e. The van der Waals surface area contributed by atoms with Gasteiger partial charge in [0.2, 0.25) is 0 Å². The van der Waals surface area contributed by atoms with Crippen LogP contribution in [0.3, 0.4) is 0 Å². The summed E-state index contributed by atoms with van der Waals surface area (Å²) in [6.45, 7) is 5.77. The van der Waals surface area contributed by atoms with Crippen LogP contribution in [0.15, 0.2) is 30.5 Å². The molecule has 2 N–H and O–H groups in total. The second-order valence-electron chi connectivity index (χ2n) is 9.42. The Balaban J connectivity index is 1.66. The number of aryl methyl sites for hydroxylation is 1. The van der Waals surface area contributed by atoms with E-state index >= 15 is 4.39 Å². The van der Waals surface area contributed by atoms with Crippen molar-refractivity contribution in [1.29, 1.82) is 0 Å². The second-order valence-corrected chi connectivity index (χ2v) is 9.42. The summed E-state index contributed by atoms with van der Waals surface area (Å²) in [5, 5.41) is 22.5. The Morgan fingerprint density at radius 2 is 1.97 bits per heavy atom. The number of alkyl halides is 2. The number of aromatic nitrogens is 3. The lowest BCUT2D eigenvalue weighted by molar-refractivity contribution is -0.0722. The summed E-state index contributed by atoms with van der Waals surface area (Å²) < 4.78 is 48.5. The van der Waals surface area contributed by atoms with E-state index in [1.54, 1.807) is 20.0 Å². The van der Waals surface area contributed by atoms with Gasteiger partial charge in [-0.15, -0.1) is 5.10 Å². The highest BCUT2D eigenvalue weighted by Crippen LogP contribution is 2.35. The quantitative estimate of drug-likeness (QED) is 0.496. The van der Waals surface area contributed by atoms with E-state index in [1.807, 2.05) is 13.0 Å². The zero-order valence-corrected chi connectivity index (χ0v) is 20.3. The predicted molar refractivity (Wildman–Crippen MR) is 128 cm³/mol. The third-order valence-electron chi connectivity index (χ3n) is 6.54. The Labute approximate surface area is 202 Å². The van der Waals surface area contributed by atoms with Gasteiger partial charge in [-0.1, -0.05) is 12.1 Å². The molecule has 1 saturated heterocycles. The van der Waals surface area contributed by atoms with E-state index in [4.69, 9.17) is 0 Å². The maximum atomic E-state index is 15.1. The molecule has 0 spiro atoms. The van der Waals surface area contributed by atoms with Gasteiger partial charge >= 0.3 is 0 Å². The molecule has 4 rings (SSSR count). The van der Waals surface area contributed by atoms with Crippen molar-refractivity contribution in [3.8, 4) is 0 Å². The van der Waals surface area contributed by atoms with Crippen LogP contribution in [0.25, 0.3) is 10.9 Å². The van der Waals surface area contributed by atoms with Crippen LogP contribution < -0.4 is 10.2 Å². The van der Waals surface area contributed by atoms with Gasteiger partial charge in [0.25, 0.3) is 5.92 Å². The molecule has 3 heterocycles. The number of ether oxygens (including phenoxy) is 1. The van der Waals surface area contributed by atoms with E-state index in [9.17, 15) is 13.9 Å². The van der Waals surface area contributed by atoms with Crippen LogP contribution in [0.1, 0.15) is 49.6 Å². The first kappa shape index (κ1) is 25.1. The third-order valence-corrected chi connectivity index (χ3v) is 6.54. The van der Waals surface area contributed by atoms with Gasteiger partial charge < -0.3 is 20.1 Å². The van der Waals surface area contributed by atoms with Crippen LogP contribution in [-0.2, 0) is 10.7 Å². The fourth-order valence-electron chi connectivity index (χ4n) is 4.38. The average molecular weight is 490 g/mol. The minimum atomic E-state index is -3.46. The van der Waals surface area contributed by atoms with E-state index in [2.05, 4.69) is 30.1 Å². The Morgan fingerprint density at radius 3 is 2.66 bits per heavy atom. The Bertz CT molecular complexity index is 1210. The van der Waals surface area contributed by atoms with E-state index < -0.39 is 35.6 Å². The molecule has 1 fully saturated rings. The van der Waals surface area contributed by atoms with Crippen molar-refractivity contribution in [3.05, 3.63) is 53.1 Å². The molecule has 188 valence electrons. The summed E-state index contributed by atoms with van der Waals surface area (Å²) in [7, 11) is 1.15. The van der Waals surface area contributed by atoms with Crippen LogP contribution in [0.2, 0.25) is 0 Å². The fraction of sp³-hybridized carbons (Fsp3) is 0.480. The van der Waals surface area contributed by atoms with Crippen LogP contribution >= 0.6 is 0 Å². The van der Waals surface area contributed by atoms with Crippen LogP contribution in [0.4, 0.5) is 24.7 Å². The normalized spacial score (nSPS) is 17.0. The van der Waals surface area contributed by atoms with Gasteiger partial charge in [-0.2, -0.15) is 13.9 Å². The van der Waals surface area contributed by atoms with E-state index in [0.717, 1.165) is 18.9 Å². The van der Waals surface area contributed by atoms with E-state index in [1.165, 1.54) is 12.1 Å². The largest absolute Gasteiger partial charge is 0.390 e. The van der Waals surface area contributed by atoms with Gasteiger partial charge in [0, 0.05) is 31.1 Å². The number of nitrogens with one attached hydrogen (secondary N) is 1. The first-order chi connectivity index (χ1) is 16.5. The summed E-state index contributed by atoms with van der Waals surface area (Å²) in [5.74, 6) is -4.06. The number of piperidine rings is 1. The summed E-state index contributed by atoms with van der Waals surface area (Å²) in [4.78, 5) is 6.73. The molecule has 35 heavy (non-hydrogen) atoms. The molecule has 1 atom stereocenters. The first-order valence-electron chi connectivity index (χ1n) is 11.5. The summed E-state index contributed by atoms with van der Waals surface area (Å²) in [6.07, 6.45) is 3.06. The molecule has 0 amide bonds. The molecule has 0 saturated carbocycles. The molecule has 0 aliphatic carbocycles. The first-order valence-corrected chi connectivity index (χ1v) is 11.5. The van der Waals surface area contributed by atoms with E-state index in [-0.39, 0.29) is 5.56 Å². The van der Waals surface area contributed by atoms with Crippen LogP contribution in [0, 0.1) is 12.7 Å². The zero-order valence-electron chi connectivity index (χ0n) is 20.3. The van der Waals surface area contributed by atoms with E-state index in [0.29, 0.717) is 48.3 Å². The molecular formula is C25H30F3N5O2. The number of rotatable bonds is 7. The van der Waals surface area contributed by atoms with Gasteiger partial charge in [-0.25, -0.2) is 4.39 Å². The van der Waals surface area contributed by atoms with Crippen molar-refractivity contribution in [2.24, 2.45) is 0 Å². The number of methoxy groups -OCH3 is 1. The number of pyridine rings is 1. The Hall–Kier alpha value is -2.98. The molecular weight excluding hydrogens is 459 g/mol. The summed E-state index contributed by atoms with van der Waals surface area (Å²) in [6, 6.07) is 5.20. The predicted octanol–water partition coefficient (Wildman–Crippen LogP) is 4.73. The second kappa shape index (κ2) is 9.58. The number of fused-ring (bicyclic) bond motifs is 1.